The van der Waals surface area contributed by atoms with Crippen molar-refractivity contribution in [1.82, 2.24) is 4.98 Å². The molecule has 1 aliphatic rings. The van der Waals surface area contributed by atoms with Crippen LogP contribution < -0.4 is 0 Å². The van der Waals surface area contributed by atoms with E-state index in [1.165, 1.54) is 20.0 Å². The molecule has 4 heteroatoms. The van der Waals surface area contributed by atoms with E-state index in [0.717, 1.165) is 0 Å². The summed E-state index contributed by atoms with van der Waals surface area (Å²) in [4.78, 5) is 15.5. The first kappa shape index (κ1) is 11.2. The van der Waals surface area contributed by atoms with Gasteiger partial charge in [0.2, 0.25) is 0 Å². The highest BCUT2D eigenvalue weighted by molar-refractivity contribution is 9.10. The number of carbonyl (C=O) groups is 1. The average Bonchev–Trinajstić information content (AvgIpc) is 3.08. The van der Waals surface area contributed by atoms with E-state index in [-0.39, 0.29) is 5.97 Å². The molecular formula is C12H10BrNO2. The van der Waals surface area contributed by atoms with Gasteiger partial charge in [0.25, 0.3) is 0 Å². The van der Waals surface area contributed by atoms with E-state index in [1.54, 1.807) is 12.1 Å². The number of hydrogen-bond acceptors (Lipinski definition) is 3. The summed E-state index contributed by atoms with van der Waals surface area (Å²) in [7, 11) is 1.35. The zero-order chi connectivity index (χ0) is 11.5. The molecule has 1 saturated carbocycles. The molecule has 0 N–H and O–H groups in total. The molecule has 0 amide bonds. The van der Waals surface area contributed by atoms with Crippen LogP contribution in [0, 0.1) is 17.8 Å². The lowest BCUT2D eigenvalue weighted by atomic mass is 10.2. The van der Waals surface area contributed by atoms with E-state index in [2.05, 4.69) is 37.5 Å². The van der Waals surface area contributed by atoms with Gasteiger partial charge in [-0.05, 0) is 46.8 Å². The van der Waals surface area contributed by atoms with Crippen molar-refractivity contribution in [3.8, 4) is 11.8 Å². The van der Waals surface area contributed by atoms with E-state index in [0.29, 0.717) is 21.8 Å². The van der Waals surface area contributed by atoms with E-state index < -0.39 is 0 Å². The molecule has 1 heterocycles. The Labute approximate surface area is 102 Å². The first-order valence-electron chi connectivity index (χ1n) is 4.96. The summed E-state index contributed by atoms with van der Waals surface area (Å²) in [5.41, 5.74) is 1.06. The van der Waals surface area contributed by atoms with E-state index >= 15 is 0 Å². The number of pyridine rings is 1. The summed E-state index contributed by atoms with van der Waals surface area (Å²) in [6, 6.07) is 3.26. The Balaban J connectivity index is 2.28. The fourth-order valence-corrected chi connectivity index (χ4v) is 1.64. The van der Waals surface area contributed by atoms with Crippen molar-refractivity contribution in [2.75, 3.05) is 7.11 Å². The molecule has 2 rings (SSSR count). The highest BCUT2D eigenvalue weighted by Crippen LogP contribution is 2.27. The predicted octanol–water partition coefficient (Wildman–Crippen LogP) is 2.39. The number of carbonyl (C=O) groups excluding carboxylic acids is 1. The number of rotatable bonds is 1. The lowest BCUT2D eigenvalue weighted by Gasteiger charge is -2.00. The van der Waals surface area contributed by atoms with Crippen LogP contribution in [-0.2, 0) is 4.74 Å². The molecule has 0 bridgehead atoms. The molecule has 0 aromatic carbocycles. The number of methoxy groups -OCH3 is 1. The highest BCUT2D eigenvalue weighted by atomic mass is 79.9. The Morgan fingerprint density at radius 3 is 2.94 bits per heavy atom. The molecule has 3 nitrogen and oxygen atoms in total. The zero-order valence-corrected chi connectivity index (χ0v) is 10.4. The maximum Gasteiger partial charge on any atom is 0.338 e. The number of hydrogen-bond donors (Lipinski definition) is 0. The molecule has 1 aliphatic carbocycles. The third-order valence-corrected chi connectivity index (χ3v) is 2.60. The van der Waals surface area contributed by atoms with Gasteiger partial charge < -0.3 is 4.74 Å². The van der Waals surface area contributed by atoms with Crippen molar-refractivity contribution in [1.29, 1.82) is 0 Å². The van der Waals surface area contributed by atoms with Crippen LogP contribution in [0.3, 0.4) is 0 Å². The van der Waals surface area contributed by atoms with Crippen LogP contribution in [0.25, 0.3) is 0 Å². The summed E-state index contributed by atoms with van der Waals surface area (Å²) in [5, 5.41) is 0. The Hall–Kier alpha value is -1.34. The van der Waals surface area contributed by atoms with Crippen molar-refractivity contribution < 1.29 is 9.53 Å². The second-order valence-corrected chi connectivity index (χ2v) is 4.41. The molecule has 0 saturated heterocycles. The molecular weight excluding hydrogens is 270 g/mol. The number of aromatic nitrogens is 1. The van der Waals surface area contributed by atoms with Crippen LogP contribution in [-0.4, -0.2) is 18.1 Å². The summed E-state index contributed by atoms with van der Waals surface area (Å²) in [6.45, 7) is 0. The highest BCUT2D eigenvalue weighted by Gasteiger charge is 2.18. The molecule has 1 aromatic heterocycles. The first-order valence-corrected chi connectivity index (χ1v) is 5.76. The molecule has 0 atom stereocenters. The van der Waals surface area contributed by atoms with Crippen molar-refractivity contribution in [2.45, 2.75) is 12.8 Å². The number of halogens is 1. The van der Waals surface area contributed by atoms with Crippen molar-refractivity contribution in [2.24, 2.45) is 5.92 Å². The number of nitrogens with zero attached hydrogens (tertiary/aromatic N) is 1. The Morgan fingerprint density at radius 2 is 2.31 bits per heavy atom. The van der Waals surface area contributed by atoms with Gasteiger partial charge in [-0.3, -0.25) is 0 Å². The predicted molar refractivity (Wildman–Crippen MR) is 62.9 cm³/mol. The van der Waals surface area contributed by atoms with Gasteiger partial charge in [0.15, 0.2) is 0 Å². The summed E-state index contributed by atoms with van der Waals surface area (Å²) >= 11 is 3.25. The average molecular weight is 280 g/mol. The van der Waals surface area contributed by atoms with Crippen molar-refractivity contribution >= 4 is 21.9 Å². The van der Waals surface area contributed by atoms with Crippen LogP contribution in [0.1, 0.15) is 28.9 Å². The fraction of sp³-hybridized carbons (Fsp3) is 0.333. The summed E-state index contributed by atoms with van der Waals surface area (Å²) in [6.07, 6.45) is 2.34. The monoisotopic (exact) mass is 279 g/mol. The van der Waals surface area contributed by atoms with Gasteiger partial charge in [-0.1, -0.05) is 5.92 Å². The van der Waals surface area contributed by atoms with Crippen LogP contribution >= 0.6 is 15.9 Å². The lowest BCUT2D eigenvalue weighted by molar-refractivity contribution is 0.0600. The third-order valence-electron chi connectivity index (χ3n) is 2.20. The van der Waals surface area contributed by atoms with Gasteiger partial charge in [0, 0.05) is 5.92 Å². The quantitative estimate of drug-likeness (QED) is 0.450. The maximum atomic E-state index is 11.3. The molecule has 0 spiro atoms. The standard InChI is InChI=1S/C12H10BrNO2/c1-16-12(15)9-6-10(14-11(13)7-9)5-4-8-2-3-8/h6-8H,2-3H2,1H3. The molecule has 0 aliphatic heterocycles. The summed E-state index contributed by atoms with van der Waals surface area (Å²) < 4.78 is 5.24. The largest absolute Gasteiger partial charge is 0.465 e. The van der Waals surface area contributed by atoms with Crippen molar-refractivity contribution in [3.05, 3.63) is 28.0 Å². The second-order valence-electron chi connectivity index (χ2n) is 3.60. The fourth-order valence-electron chi connectivity index (χ4n) is 1.20. The number of ether oxygens (including phenoxy) is 1. The van der Waals surface area contributed by atoms with Crippen LogP contribution in [0.15, 0.2) is 16.7 Å². The van der Waals surface area contributed by atoms with Crippen LogP contribution in [0.4, 0.5) is 0 Å². The smallest absolute Gasteiger partial charge is 0.338 e. The van der Waals surface area contributed by atoms with E-state index in [4.69, 9.17) is 0 Å². The normalized spacial score (nSPS) is 13.9. The van der Waals surface area contributed by atoms with E-state index in [1.807, 2.05) is 0 Å². The Morgan fingerprint density at radius 1 is 1.56 bits per heavy atom. The van der Waals surface area contributed by atoms with Gasteiger partial charge in [0.1, 0.15) is 10.3 Å². The Bertz CT molecular complexity index is 484. The minimum Gasteiger partial charge on any atom is -0.465 e. The number of esters is 1. The maximum absolute atomic E-state index is 11.3. The third kappa shape index (κ3) is 2.83. The minimum absolute atomic E-state index is 0.377. The van der Waals surface area contributed by atoms with Crippen LogP contribution in [0.2, 0.25) is 0 Å². The molecule has 1 fully saturated rings. The van der Waals surface area contributed by atoms with Crippen molar-refractivity contribution in [3.63, 3.8) is 0 Å². The Kier molecular flexibility index (Phi) is 3.25. The molecule has 16 heavy (non-hydrogen) atoms. The van der Waals surface area contributed by atoms with Gasteiger partial charge in [-0.15, -0.1) is 0 Å². The lowest BCUT2D eigenvalue weighted by Crippen LogP contribution is -2.02. The molecule has 0 unspecified atom stereocenters. The van der Waals surface area contributed by atoms with Gasteiger partial charge in [-0.2, -0.15) is 0 Å². The topological polar surface area (TPSA) is 39.2 Å². The molecule has 82 valence electrons. The van der Waals surface area contributed by atoms with Gasteiger partial charge in [-0.25, -0.2) is 9.78 Å². The van der Waals surface area contributed by atoms with Gasteiger partial charge in [0.05, 0.1) is 12.7 Å². The molecule has 0 radical (unpaired) electrons. The van der Waals surface area contributed by atoms with Crippen LogP contribution in [0.5, 0.6) is 0 Å². The molecule has 1 aromatic rings. The SMILES string of the molecule is COC(=O)c1cc(Br)nc(C#CC2CC2)c1. The minimum atomic E-state index is -0.377. The second kappa shape index (κ2) is 4.67. The first-order chi connectivity index (χ1) is 7.69. The van der Waals surface area contributed by atoms with E-state index in [9.17, 15) is 4.79 Å². The summed E-state index contributed by atoms with van der Waals surface area (Å²) in [5.74, 6) is 6.21. The van der Waals surface area contributed by atoms with Gasteiger partial charge >= 0.3 is 5.97 Å². The zero-order valence-electron chi connectivity index (χ0n) is 8.79.